The van der Waals surface area contributed by atoms with E-state index in [1.165, 1.54) is 0 Å². The van der Waals surface area contributed by atoms with Crippen LogP contribution in [-0.4, -0.2) is 30.4 Å². The standard InChI is InChI=1S/C16H34N2O/c1-5-14(6-2)13-18(8-4)16(19)10-9-15(7-3)11-12-17/h14-15H,5-13,17H2,1-4H3. The zero-order chi connectivity index (χ0) is 14.7. The van der Waals surface area contributed by atoms with Crippen molar-refractivity contribution in [1.29, 1.82) is 0 Å². The molecule has 1 unspecified atom stereocenters. The van der Waals surface area contributed by atoms with Crippen molar-refractivity contribution in [3.63, 3.8) is 0 Å². The van der Waals surface area contributed by atoms with Crippen molar-refractivity contribution in [2.24, 2.45) is 17.6 Å². The van der Waals surface area contributed by atoms with Crippen LogP contribution in [0.15, 0.2) is 0 Å². The van der Waals surface area contributed by atoms with E-state index >= 15 is 0 Å². The van der Waals surface area contributed by atoms with Gasteiger partial charge in [-0.2, -0.15) is 0 Å². The monoisotopic (exact) mass is 270 g/mol. The van der Waals surface area contributed by atoms with Crippen molar-refractivity contribution in [3.8, 4) is 0 Å². The molecule has 0 radical (unpaired) electrons. The average Bonchev–Trinajstić information content (AvgIpc) is 2.44. The molecule has 19 heavy (non-hydrogen) atoms. The van der Waals surface area contributed by atoms with Gasteiger partial charge in [-0.25, -0.2) is 0 Å². The van der Waals surface area contributed by atoms with Crippen LogP contribution < -0.4 is 5.73 Å². The molecular formula is C16H34N2O. The minimum atomic E-state index is 0.324. The second-order valence-electron chi connectivity index (χ2n) is 5.51. The molecular weight excluding hydrogens is 236 g/mol. The average molecular weight is 270 g/mol. The Hall–Kier alpha value is -0.570. The number of nitrogens with zero attached hydrogens (tertiary/aromatic N) is 1. The molecule has 0 aromatic rings. The van der Waals surface area contributed by atoms with Gasteiger partial charge in [0.25, 0.3) is 0 Å². The Kier molecular flexibility index (Phi) is 10.9. The summed E-state index contributed by atoms with van der Waals surface area (Å²) in [5.41, 5.74) is 5.60. The number of nitrogens with two attached hydrogens (primary N) is 1. The normalized spacial score (nSPS) is 12.7. The Labute approximate surface area is 119 Å². The van der Waals surface area contributed by atoms with Gasteiger partial charge in [0.1, 0.15) is 0 Å². The topological polar surface area (TPSA) is 46.3 Å². The van der Waals surface area contributed by atoms with Gasteiger partial charge >= 0.3 is 0 Å². The number of carbonyl (C=O) groups excluding carboxylic acids is 1. The van der Waals surface area contributed by atoms with Gasteiger partial charge in [-0.15, -0.1) is 0 Å². The number of hydrogen-bond donors (Lipinski definition) is 1. The Bertz CT molecular complexity index is 227. The summed E-state index contributed by atoms with van der Waals surface area (Å²) in [6.07, 6.45) is 6.17. The molecule has 0 aliphatic heterocycles. The summed E-state index contributed by atoms with van der Waals surface area (Å²) in [4.78, 5) is 14.3. The summed E-state index contributed by atoms with van der Waals surface area (Å²) >= 11 is 0. The van der Waals surface area contributed by atoms with E-state index in [4.69, 9.17) is 5.73 Å². The van der Waals surface area contributed by atoms with Crippen molar-refractivity contribution in [2.45, 2.75) is 66.2 Å². The van der Waals surface area contributed by atoms with E-state index in [9.17, 15) is 4.79 Å². The molecule has 1 atom stereocenters. The third-order valence-electron chi connectivity index (χ3n) is 4.29. The van der Waals surface area contributed by atoms with Gasteiger partial charge in [0, 0.05) is 19.5 Å². The van der Waals surface area contributed by atoms with Crippen LogP contribution in [0.25, 0.3) is 0 Å². The molecule has 3 heteroatoms. The van der Waals surface area contributed by atoms with Gasteiger partial charge in [0.05, 0.1) is 0 Å². The Balaban J connectivity index is 4.20. The first-order valence-electron chi connectivity index (χ1n) is 8.10. The quantitative estimate of drug-likeness (QED) is 0.625. The van der Waals surface area contributed by atoms with Crippen LogP contribution >= 0.6 is 0 Å². The van der Waals surface area contributed by atoms with Gasteiger partial charge in [-0.3, -0.25) is 4.79 Å². The van der Waals surface area contributed by atoms with E-state index in [2.05, 4.69) is 27.7 Å². The van der Waals surface area contributed by atoms with E-state index in [-0.39, 0.29) is 0 Å². The molecule has 0 saturated heterocycles. The number of carbonyl (C=O) groups is 1. The molecule has 0 bridgehead atoms. The molecule has 2 N–H and O–H groups in total. The van der Waals surface area contributed by atoms with Crippen molar-refractivity contribution >= 4 is 5.91 Å². The van der Waals surface area contributed by atoms with E-state index < -0.39 is 0 Å². The SMILES string of the molecule is CCC(CCN)CCC(=O)N(CC)CC(CC)CC. The predicted octanol–water partition coefficient (Wildman–Crippen LogP) is 3.43. The van der Waals surface area contributed by atoms with E-state index in [1.54, 1.807) is 0 Å². The summed E-state index contributed by atoms with van der Waals surface area (Å²) in [6, 6.07) is 0. The van der Waals surface area contributed by atoms with Crippen molar-refractivity contribution < 1.29 is 4.79 Å². The molecule has 3 nitrogen and oxygen atoms in total. The minimum absolute atomic E-state index is 0.324. The van der Waals surface area contributed by atoms with Crippen LogP contribution in [0.3, 0.4) is 0 Å². The van der Waals surface area contributed by atoms with Gasteiger partial charge in [0.15, 0.2) is 0 Å². The molecule has 1 amide bonds. The molecule has 0 aromatic carbocycles. The van der Waals surface area contributed by atoms with E-state index in [0.717, 1.165) is 51.7 Å². The molecule has 114 valence electrons. The van der Waals surface area contributed by atoms with Gasteiger partial charge in [0.2, 0.25) is 5.91 Å². The smallest absolute Gasteiger partial charge is 0.222 e. The first-order chi connectivity index (χ1) is 9.12. The second-order valence-corrected chi connectivity index (χ2v) is 5.51. The first-order valence-corrected chi connectivity index (χ1v) is 8.10. The number of hydrogen-bond acceptors (Lipinski definition) is 2. The summed E-state index contributed by atoms with van der Waals surface area (Å²) in [5, 5.41) is 0. The van der Waals surface area contributed by atoms with Gasteiger partial charge in [-0.1, -0.05) is 40.0 Å². The van der Waals surface area contributed by atoms with Crippen LogP contribution in [0, 0.1) is 11.8 Å². The zero-order valence-corrected chi connectivity index (χ0v) is 13.5. The number of rotatable bonds is 11. The van der Waals surface area contributed by atoms with Gasteiger partial charge < -0.3 is 10.6 Å². The van der Waals surface area contributed by atoms with Crippen molar-refractivity contribution in [3.05, 3.63) is 0 Å². The maximum absolute atomic E-state index is 12.3. The maximum Gasteiger partial charge on any atom is 0.222 e. The Morgan fingerprint density at radius 1 is 1.00 bits per heavy atom. The van der Waals surface area contributed by atoms with Crippen LogP contribution in [0.2, 0.25) is 0 Å². The fourth-order valence-corrected chi connectivity index (χ4v) is 2.54. The molecule has 0 rings (SSSR count). The summed E-state index contributed by atoms with van der Waals surface area (Å²) in [5.74, 6) is 1.58. The Morgan fingerprint density at radius 3 is 2.00 bits per heavy atom. The predicted molar refractivity (Wildman–Crippen MR) is 83.0 cm³/mol. The highest BCUT2D eigenvalue weighted by Crippen LogP contribution is 2.17. The first kappa shape index (κ1) is 18.4. The van der Waals surface area contributed by atoms with Crippen LogP contribution in [0.5, 0.6) is 0 Å². The lowest BCUT2D eigenvalue weighted by Gasteiger charge is -2.26. The summed E-state index contributed by atoms with van der Waals surface area (Å²) < 4.78 is 0. The van der Waals surface area contributed by atoms with Crippen molar-refractivity contribution in [1.82, 2.24) is 4.90 Å². The lowest BCUT2D eigenvalue weighted by atomic mass is 9.96. The molecule has 0 saturated carbocycles. The van der Waals surface area contributed by atoms with Gasteiger partial charge in [-0.05, 0) is 38.1 Å². The second kappa shape index (κ2) is 11.3. The fourth-order valence-electron chi connectivity index (χ4n) is 2.54. The zero-order valence-electron chi connectivity index (χ0n) is 13.5. The third kappa shape index (κ3) is 7.56. The molecule has 0 aromatic heterocycles. The molecule has 0 aliphatic carbocycles. The summed E-state index contributed by atoms with van der Waals surface area (Å²) in [7, 11) is 0. The maximum atomic E-state index is 12.3. The highest BCUT2D eigenvalue weighted by Gasteiger charge is 2.17. The lowest BCUT2D eigenvalue weighted by Crippen LogP contribution is -2.35. The highest BCUT2D eigenvalue weighted by molar-refractivity contribution is 5.76. The molecule has 0 aliphatic rings. The fraction of sp³-hybridized carbons (Fsp3) is 0.938. The third-order valence-corrected chi connectivity index (χ3v) is 4.29. The number of amides is 1. The minimum Gasteiger partial charge on any atom is -0.343 e. The lowest BCUT2D eigenvalue weighted by molar-refractivity contribution is -0.132. The van der Waals surface area contributed by atoms with Crippen LogP contribution in [-0.2, 0) is 4.79 Å². The molecule has 0 heterocycles. The largest absolute Gasteiger partial charge is 0.343 e. The summed E-state index contributed by atoms with van der Waals surface area (Å²) in [6.45, 7) is 11.2. The molecule has 0 fully saturated rings. The highest BCUT2D eigenvalue weighted by atomic mass is 16.2. The van der Waals surface area contributed by atoms with Crippen LogP contribution in [0.4, 0.5) is 0 Å². The van der Waals surface area contributed by atoms with E-state index in [1.807, 2.05) is 4.90 Å². The van der Waals surface area contributed by atoms with E-state index in [0.29, 0.717) is 24.2 Å². The van der Waals surface area contributed by atoms with Crippen LogP contribution in [0.1, 0.15) is 66.2 Å². The Morgan fingerprint density at radius 2 is 1.58 bits per heavy atom. The van der Waals surface area contributed by atoms with Crippen molar-refractivity contribution in [2.75, 3.05) is 19.6 Å². The molecule has 0 spiro atoms.